The zero-order valence-corrected chi connectivity index (χ0v) is 19.9. The van der Waals surface area contributed by atoms with E-state index < -0.39 is 17.6 Å². The molecule has 1 saturated carbocycles. The molecular weight excluding hydrogens is 493 g/mol. The molecule has 0 radical (unpaired) electrons. The molecule has 36 heavy (non-hydrogen) atoms. The maximum atomic E-state index is 12.8. The summed E-state index contributed by atoms with van der Waals surface area (Å²) in [6.07, 6.45) is -2.84. The highest BCUT2D eigenvalue weighted by atomic mass is 32.1. The lowest BCUT2D eigenvalue weighted by molar-refractivity contribution is -0.137. The highest BCUT2D eigenvalue weighted by Crippen LogP contribution is 2.30. The van der Waals surface area contributed by atoms with Crippen LogP contribution in [0.1, 0.15) is 40.0 Å². The predicted octanol–water partition coefficient (Wildman–Crippen LogP) is 4.26. The van der Waals surface area contributed by atoms with E-state index in [-0.39, 0.29) is 37.4 Å². The Bertz CT molecular complexity index is 1240. The number of hydrogen-bond acceptors (Lipinski definition) is 5. The maximum Gasteiger partial charge on any atom is 0.416 e. The average molecular weight is 517 g/mol. The largest absolute Gasteiger partial charge is 0.416 e. The Hall–Kier alpha value is -3.73. The topological polar surface area (TPSA) is 91.4 Å². The van der Waals surface area contributed by atoms with Gasteiger partial charge in [-0.3, -0.25) is 14.4 Å². The molecule has 0 spiro atoms. The summed E-state index contributed by atoms with van der Waals surface area (Å²) in [6, 6.07) is 13.6. The third-order valence-corrected chi connectivity index (χ3v) is 6.27. The minimum absolute atomic E-state index is 0.0378. The first-order chi connectivity index (χ1) is 17.2. The minimum Gasteiger partial charge on any atom is -0.352 e. The number of nitrogens with zero attached hydrogens (tertiary/aromatic N) is 2. The van der Waals surface area contributed by atoms with E-state index in [1.165, 1.54) is 12.1 Å². The molecular formula is C25H23F3N4O3S. The molecule has 0 unspecified atom stereocenters. The summed E-state index contributed by atoms with van der Waals surface area (Å²) in [4.78, 5) is 43.4. The second kappa shape index (κ2) is 10.9. The number of anilines is 1. The molecule has 0 saturated heterocycles. The summed E-state index contributed by atoms with van der Waals surface area (Å²) in [5.41, 5.74) is 0.482. The van der Waals surface area contributed by atoms with Crippen LogP contribution in [0, 0.1) is 0 Å². The van der Waals surface area contributed by atoms with E-state index in [1.807, 2.05) is 6.07 Å². The van der Waals surface area contributed by atoms with E-state index in [9.17, 15) is 27.6 Å². The van der Waals surface area contributed by atoms with Gasteiger partial charge in [-0.05, 0) is 42.7 Å². The lowest BCUT2D eigenvalue weighted by Crippen LogP contribution is -2.39. The molecule has 1 heterocycles. The second-order valence-electron chi connectivity index (χ2n) is 8.37. The van der Waals surface area contributed by atoms with Crippen molar-refractivity contribution in [3.8, 4) is 0 Å². The van der Waals surface area contributed by atoms with Gasteiger partial charge in [-0.25, -0.2) is 4.98 Å². The summed E-state index contributed by atoms with van der Waals surface area (Å²) >= 11 is 1.14. The summed E-state index contributed by atoms with van der Waals surface area (Å²) in [6.45, 7) is -0.159. The van der Waals surface area contributed by atoms with Crippen LogP contribution < -0.4 is 10.6 Å². The molecule has 1 aromatic heterocycles. The van der Waals surface area contributed by atoms with Crippen molar-refractivity contribution in [3.63, 3.8) is 0 Å². The quantitative estimate of drug-likeness (QED) is 0.445. The molecule has 0 atom stereocenters. The van der Waals surface area contributed by atoms with Gasteiger partial charge in [-0.1, -0.05) is 30.3 Å². The maximum absolute atomic E-state index is 12.8. The number of alkyl halides is 3. The Morgan fingerprint density at radius 3 is 2.47 bits per heavy atom. The van der Waals surface area contributed by atoms with E-state index in [0.29, 0.717) is 22.0 Å². The number of benzene rings is 2. The first-order valence-electron chi connectivity index (χ1n) is 11.2. The molecule has 3 amide bonds. The predicted molar refractivity (Wildman–Crippen MR) is 128 cm³/mol. The molecule has 188 valence electrons. The number of amides is 3. The molecule has 3 aromatic rings. The van der Waals surface area contributed by atoms with Gasteiger partial charge >= 0.3 is 6.18 Å². The Morgan fingerprint density at radius 2 is 1.78 bits per heavy atom. The van der Waals surface area contributed by atoms with Crippen LogP contribution in [0.25, 0.3) is 0 Å². The molecule has 7 nitrogen and oxygen atoms in total. The summed E-state index contributed by atoms with van der Waals surface area (Å²) in [5, 5.41) is 7.16. The average Bonchev–Trinajstić information content (AvgIpc) is 3.61. The van der Waals surface area contributed by atoms with Gasteiger partial charge in [0.25, 0.3) is 5.91 Å². The molecule has 11 heteroatoms. The fourth-order valence-corrected chi connectivity index (χ4v) is 4.27. The third-order valence-electron chi connectivity index (χ3n) is 5.47. The van der Waals surface area contributed by atoms with E-state index in [4.69, 9.17) is 0 Å². The van der Waals surface area contributed by atoms with Gasteiger partial charge in [0.2, 0.25) is 11.8 Å². The number of carbonyl (C=O) groups excluding carboxylic acids is 3. The molecule has 2 N–H and O–H groups in total. The van der Waals surface area contributed by atoms with Gasteiger partial charge in [0.05, 0.1) is 17.7 Å². The highest BCUT2D eigenvalue weighted by molar-refractivity contribution is 7.13. The van der Waals surface area contributed by atoms with Crippen LogP contribution in [0.3, 0.4) is 0 Å². The van der Waals surface area contributed by atoms with Crippen LogP contribution in [0.15, 0.2) is 60.0 Å². The normalized spacial score (nSPS) is 13.2. The minimum atomic E-state index is -4.45. The van der Waals surface area contributed by atoms with Crippen molar-refractivity contribution in [2.45, 2.75) is 38.0 Å². The van der Waals surface area contributed by atoms with E-state index >= 15 is 0 Å². The van der Waals surface area contributed by atoms with Crippen LogP contribution in [0.2, 0.25) is 0 Å². The van der Waals surface area contributed by atoms with Crippen molar-refractivity contribution in [2.75, 3.05) is 11.9 Å². The highest BCUT2D eigenvalue weighted by Gasteiger charge is 2.34. The first-order valence-corrected chi connectivity index (χ1v) is 12.1. The van der Waals surface area contributed by atoms with Crippen LogP contribution in [-0.4, -0.2) is 40.2 Å². The second-order valence-corrected chi connectivity index (χ2v) is 9.23. The van der Waals surface area contributed by atoms with Crippen LogP contribution in [0.4, 0.5) is 18.3 Å². The van der Waals surface area contributed by atoms with E-state index in [1.54, 1.807) is 34.5 Å². The molecule has 1 aliphatic rings. The molecule has 0 bridgehead atoms. The molecule has 1 aliphatic carbocycles. The van der Waals surface area contributed by atoms with Gasteiger partial charge in [0.1, 0.15) is 6.54 Å². The Labute approximate surface area is 209 Å². The van der Waals surface area contributed by atoms with Gasteiger partial charge in [0, 0.05) is 23.5 Å². The summed E-state index contributed by atoms with van der Waals surface area (Å²) < 4.78 is 38.5. The zero-order valence-electron chi connectivity index (χ0n) is 19.0. The number of hydrogen-bond donors (Lipinski definition) is 2. The SMILES string of the molecule is O=C(Cc1csc(NC(=O)CN(C(=O)c2ccccc2)C2CC2)n1)NCc1cccc(C(F)(F)F)c1. The Morgan fingerprint density at radius 1 is 1.03 bits per heavy atom. The Balaban J connectivity index is 1.27. The number of rotatable bonds is 9. The van der Waals surface area contributed by atoms with Crippen molar-refractivity contribution < 1.29 is 27.6 Å². The van der Waals surface area contributed by atoms with E-state index in [0.717, 1.165) is 36.3 Å². The smallest absolute Gasteiger partial charge is 0.352 e. The molecule has 4 rings (SSSR count). The molecule has 1 fully saturated rings. The van der Waals surface area contributed by atoms with Crippen molar-refractivity contribution in [2.24, 2.45) is 0 Å². The fraction of sp³-hybridized carbons (Fsp3) is 0.280. The first kappa shape index (κ1) is 25.4. The van der Waals surface area contributed by atoms with Crippen molar-refractivity contribution in [3.05, 3.63) is 82.4 Å². The van der Waals surface area contributed by atoms with Crippen LogP contribution in [-0.2, 0) is 28.7 Å². The third kappa shape index (κ3) is 6.91. The molecule has 2 aromatic carbocycles. The van der Waals surface area contributed by atoms with Crippen molar-refractivity contribution in [1.29, 1.82) is 0 Å². The monoisotopic (exact) mass is 516 g/mol. The van der Waals surface area contributed by atoms with Gasteiger partial charge < -0.3 is 15.5 Å². The van der Waals surface area contributed by atoms with Gasteiger partial charge in [-0.15, -0.1) is 11.3 Å². The lowest BCUT2D eigenvalue weighted by Gasteiger charge is -2.21. The number of thiazole rings is 1. The number of carbonyl (C=O) groups is 3. The van der Waals surface area contributed by atoms with Crippen LogP contribution >= 0.6 is 11.3 Å². The number of nitrogens with one attached hydrogen (secondary N) is 2. The van der Waals surface area contributed by atoms with E-state index in [2.05, 4.69) is 15.6 Å². The standard InChI is InChI=1S/C25H23F3N4O3S/c26-25(27,28)18-8-4-5-16(11-18)13-29-21(33)12-19-15-36-24(30-19)31-22(34)14-32(20-9-10-20)23(35)17-6-2-1-3-7-17/h1-8,11,15,20H,9-10,12-14H2,(H,29,33)(H,30,31,34). The molecule has 0 aliphatic heterocycles. The van der Waals surface area contributed by atoms with Gasteiger partial charge in [-0.2, -0.15) is 13.2 Å². The fourth-order valence-electron chi connectivity index (χ4n) is 3.54. The summed E-state index contributed by atoms with van der Waals surface area (Å²) in [7, 11) is 0. The van der Waals surface area contributed by atoms with Gasteiger partial charge in [0.15, 0.2) is 5.13 Å². The van der Waals surface area contributed by atoms with Crippen LogP contribution in [0.5, 0.6) is 0 Å². The Kier molecular flexibility index (Phi) is 7.68. The van der Waals surface area contributed by atoms with Crippen molar-refractivity contribution >= 4 is 34.2 Å². The number of halogens is 3. The number of aromatic nitrogens is 1. The lowest BCUT2D eigenvalue weighted by atomic mass is 10.1. The summed E-state index contributed by atoms with van der Waals surface area (Å²) in [5.74, 6) is -1.00. The van der Waals surface area contributed by atoms with Crippen molar-refractivity contribution in [1.82, 2.24) is 15.2 Å². The zero-order chi connectivity index (χ0) is 25.7.